The molecule has 3 heteroatoms. The summed E-state index contributed by atoms with van der Waals surface area (Å²) in [7, 11) is -2.35. The van der Waals surface area contributed by atoms with Gasteiger partial charge in [-0.1, -0.05) is 75.3 Å². The second-order valence-corrected chi connectivity index (χ2v) is 11.7. The number of benzene rings is 1. The summed E-state index contributed by atoms with van der Waals surface area (Å²) in [5.41, 5.74) is 0.581. The highest BCUT2D eigenvalue weighted by molar-refractivity contribution is 6.86. The Hall–Kier alpha value is -0.643. The minimum absolute atomic E-state index is 0.581. The first-order valence-electron chi connectivity index (χ1n) is 10.3. The first-order valence-corrected chi connectivity index (χ1v) is 12.5. The monoisotopic (exact) mass is 345 g/mol. The van der Waals surface area contributed by atoms with E-state index in [4.69, 9.17) is 0 Å². The molecule has 1 heterocycles. The number of likely N-dealkylation sites (tertiary alicyclic amines) is 1. The van der Waals surface area contributed by atoms with E-state index in [2.05, 4.69) is 35.2 Å². The Bertz CT molecular complexity index is 466. The summed E-state index contributed by atoms with van der Waals surface area (Å²) in [6.45, 7) is 3.73. The zero-order valence-corrected chi connectivity index (χ0v) is 16.3. The summed E-state index contributed by atoms with van der Waals surface area (Å²) in [6, 6.07) is 11.8. The fourth-order valence-electron chi connectivity index (χ4n) is 4.82. The standard InChI is InChI=1S/C21H35NOSi/c23-24(20-12-5-3-6-13-20,21-14-7-4-8-15-21)19-11-18-22-16-9-1-2-10-17-22/h3,5-6,12-13,21,23H,1-2,4,7-11,14-19H2/t24-/m0/s1. The average molecular weight is 346 g/mol. The summed E-state index contributed by atoms with van der Waals surface area (Å²) in [4.78, 5) is 14.5. The Balaban J connectivity index is 1.63. The molecule has 1 aliphatic heterocycles. The smallest absolute Gasteiger partial charge is 0.223 e. The molecule has 3 rings (SSSR count). The van der Waals surface area contributed by atoms with E-state index in [1.807, 2.05) is 0 Å². The fourth-order valence-corrected chi connectivity index (χ4v) is 8.82. The molecule has 1 saturated carbocycles. The molecule has 1 saturated heterocycles. The van der Waals surface area contributed by atoms with Gasteiger partial charge in [-0.05, 0) is 55.7 Å². The molecule has 0 aromatic heterocycles. The van der Waals surface area contributed by atoms with Crippen LogP contribution >= 0.6 is 0 Å². The van der Waals surface area contributed by atoms with Crippen LogP contribution in [0.3, 0.4) is 0 Å². The van der Waals surface area contributed by atoms with E-state index >= 15 is 0 Å². The third-order valence-corrected chi connectivity index (χ3v) is 10.7. The minimum atomic E-state index is -2.35. The minimum Gasteiger partial charge on any atom is -0.427 e. The van der Waals surface area contributed by atoms with Crippen LogP contribution in [0.15, 0.2) is 30.3 Å². The molecule has 2 fully saturated rings. The van der Waals surface area contributed by atoms with Crippen molar-refractivity contribution in [2.45, 2.75) is 75.8 Å². The lowest BCUT2D eigenvalue weighted by atomic mass is 10.0. The van der Waals surface area contributed by atoms with Crippen molar-refractivity contribution in [3.05, 3.63) is 30.3 Å². The number of rotatable bonds is 6. The molecule has 134 valence electrons. The van der Waals surface area contributed by atoms with Crippen LogP contribution in [0.25, 0.3) is 0 Å². The Kier molecular flexibility index (Phi) is 6.93. The van der Waals surface area contributed by atoms with E-state index in [-0.39, 0.29) is 0 Å². The molecule has 1 atom stereocenters. The van der Waals surface area contributed by atoms with Gasteiger partial charge in [0.15, 0.2) is 0 Å². The van der Waals surface area contributed by atoms with Gasteiger partial charge in [0.1, 0.15) is 0 Å². The van der Waals surface area contributed by atoms with E-state index in [0.717, 1.165) is 6.04 Å². The molecule has 2 nitrogen and oxygen atoms in total. The maximum absolute atomic E-state index is 11.8. The maximum Gasteiger partial charge on any atom is 0.223 e. The molecule has 24 heavy (non-hydrogen) atoms. The van der Waals surface area contributed by atoms with Crippen LogP contribution < -0.4 is 5.19 Å². The average Bonchev–Trinajstić information content (AvgIpc) is 2.92. The molecule has 0 bridgehead atoms. The van der Waals surface area contributed by atoms with E-state index in [9.17, 15) is 4.80 Å². The molecule has 2 aliphatic rings. The Labute approximate surface area is 149 Å². The maximum atomic E-state index is 11.8. The van der Waals surface area contributed by atoms with Crippen molar-refractivity contribution in [2.75, 3.05) is 19.6 Å². The van der Waals surface area contributed by atoms with Crippen molar-refractivity contribution < 1.29 is 4.80 Å². The lowest BCUT2D eigenvalue weighted by Gasteiger charge is -2.37. The zero-order valence-electron chi connectivity index (χ0n) is 15.3. The van der Waals surface area contributed by atoms with Gasteiger partial charge in [-0.25, -0.2) is 0 Å². The molecule has 1 N–H and O–H groups in total. The highest BCUT2D eigenvalue weighted by Gasteiger charge is 2.41. The van der Waals surface area contributed by atoms with Gasteiger partial charge < -0.3 is 9.70 Å². The molecule has 0 unspecified atom stereocenters. The van der Waals surface area contributed by atoms with Gasteiger partial charge in [0.2, 0.25) is 8.32 Å². The summed E-state index contributed by atoms with van der Waals surface area (Å²) in [6.07, 6.45) is 13.2. The highest BCUT2D eigenvalue weighted by atomic mass is 28.4. The molecule has 1 aromatic rings. The third-order valence-electron chi connectivity index (χ3n) is 6.29. The predicted octanol–water partition coefficient (Wildman–Crippen LogP) is 4.43. The van der Waals surface area contributed by atoms with Gasteiger partial charge in [0.05, 0.1) is 0 Å². The van der Waals surface area contributed by atoms with Crippen molar-refractivity contribution in [2.24, 2.45) is 0 Å². The van der Waals surface area contributed by atoms with Crippen molar-refractivity contribution >= 4 is 13.5 Å². The predicted molar refractivity (Wildman–Crippen MR) is 105 cm³/mol. The summed E-state index contributed by atoms with van der Waals surface area (Å²) >= 11 is 0. The lowest BCUT2D eigenvalue weighted by molar-refractivity contribution is 0.283. The third kappa shape index (κ3) is 4.71. The topological polar surface area (TPSA) is 23.5 Å². The zero-order chi connectivity index (χ0) is 16.7. The molecule has 0 radical (unpaired) electrons. The normalized spacial score (nSPS) is 23.5. The second-order valence-electron chi connectivity index (χ2n) is 7.98. The molecule has 1 aliphatic carbocycles. The van der Waals surface area contributed by atoms with Crippen LogP contribution in [0, 0.1) is 0 Å². The van der Waals surface area contributed by atoms with Gasteiger partial charge in [-0.3, -0.25) is 0 Å². The van der Waals surface area contributed by atoms with E-state index in [1.165, 1.54) is 89.0 Å². The Morgan fingerprint density at radius 3 is 2.17 bits per heavy atom. The molecule has 0 amide bonds. The molecule has 0 spiro atoms. The van der Waals surface area contributed by atoms with Crippen LogP contribution in [0.2, 0.25) is 11.6 Å². The van der Waals surface area contributed by atoms with Crippen LogP contribution in [0.4, 0.5) is 0 Å². The highest BCUT2D eigenvalue weighted by Crippen LogP contribution is 2.38. The van der Waals surface area contributed by atoms with Gasteiger partial charge in [0, 0.05) is 0 Å². The molecular weight excluding hydrogens is 310 g/mol. The first kappa shape index (κ1) is 18.2. The molecular formula is C21H35NOSi. The number of hydrogen-bond acceptors (Lipinski definition) is 2. The quantitative estimate of drug-likeness (QED) is 0.771. The van der Waals surface area contributed by atoms with Crippen molar-refractivity contribution in [1.29, 1.82) is 0 Å². The van der Waals surface area contributed by atoms with Crippen molar-refractivity contribution in [3.63, 3.8) is 0 Å². The van der Waals surface area contributed by atoms with Crippen LogP contribution in [-0.2, 0) is 0 Å². The summed E-state index contributed by atoms with van der Waals surface area (Å²) in [5.74, 6) is 0. The van der Waals surface area contributed by atoms with Gasteiger partial charge in [-0.2, -0.15) is 0 Å². The lowest BCUT2D eigenvalue weighted by Crippen LogP contribution is -2.53. The Morgan fingerprint density at radius 2 is 1.50 bits per heavy atom. The van der Waals surface area contributed by atoms with E-state index < -0.39 is 8.32 Å². The van der Waals surface area contributed by atoms with Crippen LogP contribution in [0.5, 0.6) is 0 Å². The van der Waals surface area contributed by atoms with Crippen LogP contribution in [-0.4, -0.2) is 37.6 Å². The molecule has 1 aromatic carbocycles. The number of nitrogens with zero attached hydrogens (tertiary/aromatic N) is 1. The SMILES string of the molecule is O[Si@@](CCCN1CCCCCC1)(c1ccccc1)C1CCCCC1. The van der Waals surface area contributed by atoms with Gasteiger partial charge >= 0.3 is 0 Å². The van der Waals surface area contributed by atoms with Crippen LogP contribution in [0.1, 0.15) is 64.2 Å². The fraction of sp³-hybridized carbons (Fsp3) is 0.714. The summed E-state index contributed by atoms with van der Waals surface area (Å²) in [5, 5.41) is 1.28. The van der Waals surface area contributed by atoms with Crippen molar-refractivity contribution in [3.8, 4) is 0 Å². The van der Waals surface area contributed by atoms with Gasteiger partial charge in [0.25, 0.3) is 0 Å². The van der Waals surface area contributed by atoms with Crippen molar-refractivity contribution in [1.82, 2.24) is 4.90 Å². The second kappa shape index (κ2) is 9.16. The van der Waals surface area contributed by atoms with Gasteiger partial charge in [-0.15, -0.1) is 0 Å². The summed E-state index contributed by atoms with van der Waals surface area (Å²) < 4.78 is 0. The number of hydrogen-bond donors (Lipinski definition) is 1. The van der Waals surface area contributed by atoms with E-state index in [1.54, 1.807) is 0 Å². The first-order chi connectivity index (χ1) is 11.8. The largest absolute Gasteiger partial charge is 0.427 e. The Morgan fingerprint density at radius 1 is 0.875 bits per heavy atom. The van der Waals surface area contributed by atoms with E-state index in [0.29, 0.717) is 5.54 Å².